The number of aliphatic hydroxyl groups excluding tert-OH is 1. The molecule has 3 rings (SSSR count). The van der Waals surface area contributed by atoms with Gasteiger partial charge in [0.1, 0.15) is 10.8 Å². The molecule has 0 bridgehead atoms. The van der Waals surface area contributed by atoms with Crippen molar-refractivity contribution in [1.82, 2.24) is 9.55 Å². The maximum atomic E-state index is 12.9. The van der Waals surface area contributed by atoms with Crippen molar-refractivity contribution < 1.29 is 9.50 Å². The Kier molecular flexibility index (Phi) is 4.59. The molecule has 0 unspecified atom stereocenters. The first-order chi connectivity index (χ1) is 10.7. The zero-order valence-corrected chi connectivity index (χ0v) is 12.9. The van der Waals surface area contributed by atoms with Gasteiger partial charge in [0.15, 0.2) is 0 Å². The Morgan fingerprint density at radius 3 is 2.77 bits per heavy atom. The highest BCUT2D eigenvalue weighted by molar-refractivity contribution is 7.98. The third-order valence-electron chi connectivity index (χ3n) is 3.81. The molecule has 0 amide bonds. The predicted octanol–water partition coefficient (Wildman–Crippen LogP) is 2.16. The van der Waals surface area contributed by atoms with Crippen LogP contribution in [0.2, 0.25) is 0 Å². The summed E-state index contributed by atoms with van der Waals surface area (Å²) in [6.45, 7) is 0.243. The van der Waals surface area contributed by atoms with Crippen molar-refractivity contribution in [1.29, 1.82) is 0 Å². The SMILES string of the molecule is O=c1nc(SCc2ccc(F)cc2)c2c(n1CCO)CCC2. The molecule has 0 saturated carbocycles. The molecule has 1 N–H and O–H groups in total. The summed E-state index contributed by atoms with van der Waals surface area (Å²) in [5.74, 6) is 0.405. The second kappa shape index (κ2) is 6.62. The average Bonchev–Trinajstić information content (AvgIpc) is 2.99. The van der Waals surface area contributed by atoms with Gasteiger partial charge in [-0.2, -0.15) is 4.98 Å². The second-order valence-electron chi connectivity index (χ2n) is 5.27. The molecule has 0 radical (unpaired) electrons. The number of fused-ring (bicyclic) bond motifs is 1. The van der Waals surface area contributed by atoms with Crippen LogP contribution in [0.4, 0.5) is 4.39 Å². The van der Waals surface area contributed by atoms with Crippen molar-refractivity contribution in [3.05, 3.63) is 57.4 Å². The van der Waals surface area contributed by atoms with Crippen molar-refractivity contribution in [3.63, 3.8) is 0 Å². The van der Waals surface area contributed by atoms with Crippen molar-refractivity contribution in [3.8, 4) is 0 Å². The number of hydrogen-bond donors (Lipinski definition) is 1. The molecule has 1 aliphatic carbocycles. The van der Waals surface area contributed by atoms with Gasteiger partial charge in [0.25, 0.3) is 0 Å². The molecular weight excluding hydrogens is 303 g/mol. The van der Waals surface area contributed by atoms with Crippen molar-refractivity contribution >= 4 is 11.8 Å². The molecule has 4 nitrogen and oxygen atoms in total. The van der Waals surface area contributed by atoms with Crippen LogP contribution in [0, 0.1) is 5.82 Å². The molecule has 0 spiro atoms. The minimum Gasteiger partial charge on any atom is -0.395 e. The van der Waals surface area contributed by atoms with Crippen LogP contribution >= 0.6 is 11.8 Å². The molecule has 116 valence electrons. The van der Waals surface area contributed by atoms with Gasteiger partial charge in [0, 0.05) is 17.0 Å². The van der Waals surface area contributed by atoms with Gasteiger partial charge in [0.05, 0.1) is 13.2 Å². The molecule has 1 aromatic heterocycles. The quantitative estimate of drug-likeness (QED) is 0.677. The first-order valence-electron chi connectivity index (χ1n) is 7.29. The second-order valence-corrected chi connectivity index (χ2v) is 6.23. The van der Waals surface area contributed by atoms with Gasteiger partial charge in [-0.25, -0.2) is 9.18 Å². The van der Waals surface area contributed by atoms with Crippen molar-refractivity contribution in [2.75, 3.05) is 6.61 Å². The number of hydrogen-bond acceptors (Lipinski definition) is 4. The smallest absolute Gasteiger partial charge is 0.348 e. The van der Waals surface area contributed by atoms with Crippen LogP contribution in [0.1, 0.15) is 23.2 Å². The molecule has 0 aliphatic heterocycles. The number of nitrogens with zero attached hydrogens (tertiary/aromatic N) is 2. The highest BCUT2D eigenvalue weighted by atomic mass is 32.2. The van der Waals surface area contributed by atoms with E-state index in [1.165, 1.54) is 23.9 Å². The van der Waals surface area contributed by atoms with Gasteiger partial charge in [0.2, 0.25) is 0 Å². The van der Waals surface area contributed by atoms with Gasteiger partial charge in [-0.05, 0) is 37.0 Å². The molecule has 0 atom stereocenters. The summed E-state index contributed by atoms with van der Waals surface area (Å²) >= 11 is 1.52. The Hall–Kier alpha value is -1.66. The van der Waals surface area contributed by atoms with Crippen LogP contribution in [-0.4, -0.2) is 21.3 Å². The molecule has 1 aromatic carbocycles. The number of benzene rings is 1. The lowest BCUT2D eigenvalue weighted by Gasteiger charge is -2.13. The molecular formula is C16H17FN2O2S. The summed E-state index contributed by atoms with van der Waals surface area (Å²) in [6, 6.07) is 6.37. The normalized spacial score (nSPS) is 13.4. The highest BCUT2D eigenvalue weighted by Crippen LogP contribution is 2.30. The van der Waals surface area contributed by atoms with Crippen LogP contribution < -0.4 is 5.69 Å². The number of aromatic nitrogens is 2. The molecule has 22 heavy (non-hydrogen) atoms. The predicted molar refractivity (Wildman–Crippen MR) is 83.6 cm³/mol. The number of thioether (sulfide) groups is 1. The maximum absolute atomic E-state index is 12.9. The van der Waals surface area contributed by atoms with E-state index in [9.17, 15) is 9.18 Å². The number of aliphatic hydroxyl groups is 1. The lowest BCUT2D eigenvalue weighted by atomic mass is 10.2. The Morgan fingerprint density at radius 2 is 2.05 bits per heavy atom. The van der Waals surface area contributed by atoms with E-state index in [1.807, 2.05) is 0 Å². The van der Waals surface area contributed by atoms with Gasteiger partial charge < -0.3 is 5.11 Å². The summed E-state index contributed by atoms with van der Waals surface area (Å²) < 4.78 is 14.5. The van der Waals surface area contributed by atoms with E-state index >= 15 is 0 Å². The molecule has 1 heterocycles. The summed E-state index contributed by atoms with van der Waals surface area (Å²) in [7, 11) is 0. The topological polar surface area (TPSA) is 55.1 Å². The van der Waals surface area contributed by atoms with E-state index in [4.69, 9.17) is 5.11 Å². The average molecular weight is 320 g/mol. The Morgan fingerprint density at radius 1 is 1.27 bits per heavy atom. The van der Waals surface area contributed by atoms with Crippen LogP contribution in [0.5, 0.6) is 0 Å². The van der Waals surface area contributed by atoms with Gasteiger partial charge >= 0.3 is 5.69 Å². The first-order valence-corrected chi connectivity index (χ1v) is 8.28. The van der Waals surface area contributed by atoms with Crippen molar-refractivity contribution in [2.45, 2.75) is 36.6 Å². The minimum absolute atomic E-state index is 0.0594. The van der Waals surface area contributed by atoms with E-state index in [0.29, 0.717) is 12.3 Å². The zero-order chi connectivity index (χ0) is 15.5. The van der Waals surface area contributed by atoms with E-state index in [0.717, 1.165) is 41.1 Å². The molecule has 2 aromatic rings. The highest BCUT2D eigenvalue weighted by Gasteiger charge is 2.21. The summed E-state index contributed by atoms with van der Waals surface area (Å²) in [5, 5.41) is 9.87. The standard InChI is InChI=1S/C16H17FN2O2S/c17-12-6-4-11(5-7-12)10-22-15-13-2-1-3-14(13)19(8-9-20)16(21)18-15/h4-7,20H,1-3,8-10H2. The summed E-state index contributed by atoms with van der Waals surface area (Å²) in [6.07, 6.45) is 2.78. The molecule has 0 saturated heterocycles. The summed E-state index contributed by atoms with van der Waals surface area (Å²) in [4.78, 5) is 16.3. The van der Waals surface area contributed by atoms with Crippen molar-refractivity contribution in [2.24, 2.45) is 0 Å². The van der Waals surface area contributed by atoms with Crippen LogP contribution in [0.25, 0.3) is 0 Å². The Bertz CT molecular complexity index is 728. The van der Waals surface area contributed by atoms with E-state index in [2.05, 4.69) is 4.98 Å². The summed E-state index contributed by atoms with van der Waals surface area (Å²) in [5.41, 5.74) is 2.84. The zero-order valence-electron chi connectivity index (χ0n) is 12.1. The van der Waals surface area contributed by atoms with Gasteiger partial charge in [-0.3, -0.25) is 4.57 Å². The number of rotatable bonds is 5. The van der Waals surface area contributed by atoms with E-state index in [-0.39, 0.29) is 18.1 Å². The van der Waals surface area contributed by atoms with E-state index < -0.39 is 0 Å². The largest absolute Gasteiger partial charge is 0.395 e. The van der Waals surface area contributed by atoms with Crippen LogP contribution in [-0.2, 0) is 25.1 Å². The monoisotopic (exact) mass is 320 g/mol. The van der Waals surface area contributed by atoms with Crippen LogP contribution in [0.15, 0.2) is 34.1 Å². The molecule has 0 fully saturated rings. The lowest BCUT2D eigenvalue weighted by Crippen LogP contribution is -2.28. The molecule has 1 aliphatic rings. The van der Waals surface area contributed by atoms with E-state index in [1.54, 1.807) is 16.7 Å². The third kappa shape index (κ3) is 3.08. The minimum atomic E-state index is -0.295. The first kappa shape index (κ1) is 15.2. The fourth-order valence-electron chi connectivity index (χ4n) is 2.77. The Labute approximate surface area is 132 Å². The molecule has 6 heteroatoms. The number of halogens is 1. The lowest BCUT2D eigenvalue weighted by molar-refractivity contribution is 0.271. The van der Waals surface area contributed by atoms with Gasteiger partial charge in [-0.15, -0.1) is 11.8 Å². The Balaban J connectivity index is 1.85. The van der Waals surface area contributed by atoms with Crippen LogP contribution in [0.3, 0.4) is 0 Å². The fourth-order valence-corrected chi connectivity index (χ4v) is 3.80. The maximum Gasteiger partial charge on any atom is 0.348 e. The third-order valence-corrected chi connectivity index (χ3v) is 4.90. The van der Waals surface area contributed by atoms with Gasteiger partial charge in [-0.1, -0.05) is 12.1 Å². The fraction of sp³-hybridized carbons (Fsp3) is 0.375.